The van der Waals surface area contributed by atoms with Crippen molar-refractivity contribution in [2.24, 2.45) is 9.54 Å². The average molecular weight is 627 g/mol. The van der Waals surface area contributed by atoms with Gasteiger partial charge < -0.3 is 9.80 Å². The molecule has 1 aliphatic carbocycles. The molecule has 0 aromatic heterocycles. The molecule has 0 unspecified atom stereocenters. The zero-order chi connectivity index (χ0) is 31.8. The van der Waals surface area contributed by atoms with Crippen LogP contribution in [-0.2, 0) is 0 Å². The first-order valence-corrected chi connectivity index (χ1v) is 16.5. The van der Waals surface area contributed by atoms with Gasteiger partial charge in [-0.1, -0.05) is 109 Å². The van der Waals surface area contributed by atoms with Gasteiger partial charge in [0.2, 0.25) is 0 Å². The molecule has 0 atom stereocenters. The zero-order valence-corrected chi connectivity index (χ0v) is 26.7. The highest BCUT2D eigenvalue weighted by molar-refractivity contribution is 7.95. The molecule has 0 saturated carbocycles. The zero-order valence-electron chi connectivity index (χ0n) is 25.9. The number of anilines is 6. The van der Waals surface area contributed by atoms with Crippen molar-refractivity contribution in [3.63, 3.8) is 0 Å². The largest absolute Gasteiger partial charge is 0.311 e. The number of benzene rings is 6. The highest BCUT2D eigenvalue weighted by Gasteiger charge is 2.19. The molecule has 6 aromatic rings. The van der Waals surface area contributed by atoms with Crippen LogP contribution in [0.3, 0.4) is 0 Å². The first-order chi connectivity index (χ1) is 23.3. The molecule has 0 aliphatic heterocycles. The number of para-hydroxylation sites is 4. The van der Waals surface area contributed by atoms with Gasteiger partial charge >= 0.3 is 0 Å². The molecular weight excluding hydrogens is 593 g/mol. The van der Waals surface area contributed by atoms with E-state index >= 15 is 0 Å². The summed E-state index contributed by atoms with van der Waals surface area (Å²) < 4.78 is 4.68. The number of allylic oxidation sites excluding steroid dienone is 4. The lowest BCUT2D eigenvalue weighted by Gasteiger charge is -2.26. The quantitative estimate of drug-likeness (QED) is 0.162. The lowest BCUT2D eigenvalue weighted by atomic mass is 9.88. The first kappa shape index (κ1) is 30.1. The topological polar surface area (TPSA) is 44.9 Å². The Morgan fingerprint density at radius 3 is 1.17 bits per heavy atom. The van der Waals surface area contributed by atoms with Gasteiger partial charge in [0.15, 0.2) is 0 Å². The molecule has 0 saturated heterocycles. The fraction of sp³-hybridized carbons (Fsp3) is 0.0238. The van der Waals surface area contributed by atoms with Gasteiger partial charge in [0, 0.05) is 46.1 Å². The van der Waals surface area contributed by atoms with Gasteiger partial charge in [0.05, 0.1) is 17.8 Å². The van der Waals surface area contributed by atoms with Crippen LogP contribution in [0.1, 0.15) is 17.5 Å². The van der Waals surface area contributed by atoms with Crippen LogP contribution < -0.4 is 14.9 Å². The molecule has 0 bridgehead atoms. The minimum Gasteiger partial charge on any atom is -0.311 e. The summed E-state index contributed by atoms with van der Waals surface area (Å²) in [5.41, 5.74) is 12.2. The van der Waals surface area contributed by atoms with Crippen LogP contribution in [0, 0.1) is 0 Å². The smallest absolute Gasteiger partial charge is 0.0624 e. The molecule has 6 aromatic carbocycles. The molecule has 2 N–H and O–H groups in total. The molecule has 0 heterocycles. The second-order valence-electron chi connectivity index (χ2n) is 11.2. The number of rotatable bonds is 9. The van der Waals surface area contributed by atoms with Gasteiger partial charge in [-0.05, 0) is 89.5 Å². The SMILES string of the molecule is NS/N=C1\CC(c2ccc(N(c3ccccc3)c3ccccc3)cc2)=CC=C1c1ccc(N(c2ccccc2)c2ccccc2)cc1. The summed E-state index contributed by atoms with van der Waals surface area (Å²) in [7, 11) is 0. The van der Waals surface area contributed by atoms with Crippen LogP contribution in [0.2, 0.25) is 0 Å². The van der Waals surface area contributed by atoms with Crippen molar-refractivity contribution in [1.29, 1.82) is 0 Å². The highest BCUT2D eigenvalue weighted by atomic mass is 32.2. The standard InChI is InChI=1S/C42H34N4S/c43-47-44-42-31-34(32-21-26-39(27-22-32)45(35-13-5-1-6-14-35)36-15-7-2-8-16-36)25-30-41(42)33-23-28-40(29-24-33)46(37-17-9-3-10-18-37)38-19-11-4-12-20-38/h1-30H,31,43H2/b44-42+. The van der Waals surface area contributed by atoms with E-state index < -0.39 is 0 Å². The van der Waals surface area contributed by atoms with Crippen molar-refractivity contribution in [2.45, 2.75) is 6.42 Å². The molecule has 0 amide bonds. The normalized spacial score (nSPS) is 13.5. The predicted octanol–water partition coefficient (Wildman–Crippen LogP) is 11.5. The van der Waals surface area contributed by atoms with E-state index in [0.717, 1.165) is 68.7 Å². The summed E-state index contributed by atoms with van der Waals surface area (Å²) in [6.45, 7) is 0. The van der Waals surface area contributed by atoms with Crippen molar-refractivity contribution in [1.82, 2.24) is 0 Å². The summed E-state index contributed by atoms with van der Waals surface area (Å²) in [4.78, 5) is 4.54. The van der Waals surface area contributed by atoms with Gasteiger partial charge in [-0.25, -0.2) is 4.40 Å². The van der Waals surface area contributed by atoms with Gasteiger partial charge in [0.25, 0.3) is 0 Å². The summed E-state index contributed by atoms with van der Waals surface area (Å²) in [5, 5.41) is 5.91. The van der Waals surface area contributed by atoms with Crippen molar-refractivity contribution in [3.05, 3.63) is 193 Å². The minimum atomic E-state index is 0.693. The molecule has 1 aliphatic rings. The van der Waals surface area contributed by atoms with E-state index in [9.17, 15) is 0 Å². The lowest BCUT2D eigenvalue weighted by Crippen LogP contribution is -2.11. The van der Waals surface area contributed by atoms with E-state index in [0.29, 0.717) is 6.42 Å². The Morgan fingerprint density at radius 1 is 0.426 bits per heavy atom. The molecule has 0 spiro atoms. The van der Waals surface area contributed by atoms with Crippen LogP contribution in [0.25, 0.3) is 11.1 Å². The van der Waals surface area contributed by atoms with E-state index in [2.05, 4.69) is 172 Å². The lowest BCUT2D eigenvalue weighted by molar-refractivity contribution is 1.28. The second-order valence-corrected chi connectivity index (χ2v) is 11.6. The minimum absolute atomic E-state index is 0.693. The molecule has 4 nitrogen and oxygen atoms in total. The number of nitrogens with two attached hydrogens (primary N) is 1. The maximum absolute atomic E-state index is 5.91. The second kappa shape index (κ2) is 14.2. The van der Waals surface area contributed by atoms with Crippen LogP contribution in [0.5, 0.6) is 0 Å². The Kier molecular flexibility index (Phi) is 9.09. The fourth-order valence-electron chi connectivity index (χ4n) is 6.04. The Hall–Kier alpha value is -5.62. The van der Waals surface area contributed by atoms with Crippen molar-refractivity contribution < 1.29 is 0 Å². The van der Waals surface area contributed by atoms with Gasteiger partial charge in [0.1, 0.15) is 0 Å². The Balaban J connectivity index is 1.18. The fourth-order valence-corrected chi connectivity index (χ4v) is 6.33. The summed E-state index contributed by atoms with van der Waals surface area (Å²) in [6.07, 6.45) is 5.08. The van der Waals surface area contributed by atoms with E-state index in [1.807, 2.05) is 24.3 Å². The van der Waals surface area contributed by atoms with Crippen LogP contribution in [0.4, 0.5) is 34.1 Å². The molecule has 5 heteroatoms. The van der Waals surface area contributed by atoms with E-state index in [4.69, 9.17) is 5.14 Å². The third-order valence-corrected chi connectivity index (χ3v) is 8.60. The number of hydrogen-bond acceptors (Lipinski definition) is 5. The first-order valence-electron chi connectivity index (χ1n) is 15.6. The number of nitrogens with zero attached hydrogens (tertiary/aromatic N) is 3. The van der Waals surface area contributed by atoms with Crippen LogP contribution in [-0.4, -0.2) is 5.71 Å². The Labute approximate surface area is 281 Å². The summed E-state index contributed by atoms with van der Waals surface area (Å²) in [6, 6.07) is 59.3. The van der Waals surface area contributed by atoms with Crippen molar-refractivity contribution >= 4 is 63.1 Å². The van der Waals surface area contributed by atoms with Crippen molar-refractivity contribution in [3.8, 4) is 0 Å². The van der Waals surface area contributed by atoms with E-state index in [1.54, 1.807) is 0 Å². The number of hydrogen-bond donors (Lipinski definition) is 1. The molecule has 228 valence electrons. The van der Waals surface area contributed by atoms with Gasteiger partial charge in [-0.3, -0.25) is 5.14 Å². The maximum Gasteiger partial charge on any atom is 0.0624 e. The summed E-state index contributed by atoms with van der Waals surface area (Å²) >= 11 is 1.01. The highest BCUT2D eigenvalue weighted by Crippen LogP contribution is 2.38. The summed E-state index contributed by atoms with van der Waals surface area (Å²) in [5.74, 6) is 0. The van der Waals surface area contributed by atoms with Gasteiger partial charge in [-0.2, -0.15) is 0 Å². The third-order valence-electron chi connectivity index (χ3n) is 8.27. The molecule has 47 heavy (non-hydrogen) atoms. The molecule has 0 fully saturated rings. The Morgan fingerprint density at radius 2 is 0.787 bits per heavy atom. The molecule has 7 rings (SSSR count). The van der Waals surface area contributed by atoms with E-state index in [1.165, 1.54) is 5.57 Å². The maximum atomic E-state index is 5.91. The van der Waals surface area contributed by atoms with Crippen LogP contribution >= 0.6 is 12.1 Å². The molecular formula is C42H34N4S. The Bertz CT molecular complexity index is 1930. The van der Waals surface area contributed by atoms with Crippen molar-refractivity contribution in [2.75, 3.05) is 9.80 Å². The average Bonchev–Trinajstić information content (AvgIpc) is 3.14. The van der Waals surface area contributed by atoms with Crippen LogP contribution in [0.15, 0.2) is 186 Å². The van der Waals surface area contributed by atoms with Gasteiger partial charge in [-0.15, -0.1) is 0 Å². The predicted molar refractivity (Wildman–Crippen MR) is 202 cm³/mol. The molecule has 0 radical (unpaired) electrons. The monoisotopic (exact) mass is 626 g/mol. The van der Waals surface area contributed by atoms with E-state index in [-0.39, 0.29) is 0 Å². The third kappa shape index (κ3) is 6.68.